The van der Waals surface area contributed by atoms with Gasteiger partial charge in [-0.15, -0.1) is 0 Å². The SMILES string of the molecule is CC(=O)O[C@@H]1C=CC(=O)[C@@H](COC2C=C[C@H](OCc3ccccc3)[C@@H](COC(=O)c3ccccc3)O2)O1. The topological polar surface area (TPSA) is 107 Å². The standard InChI is InChI=1S/C28H28O9/c1-19(29)35-27-14-12-22(30)24(36-27)17-33-26-15-13-23(32-16-20-8-4-2-5-9-20)25(37-26)18-34-28(31)21-10-6-3-7-11-21/h2-15,23-27H,16-18H2,1H3/t23-,24+,25+,26?,27-/m0/s1. The highest BCUT2D eigenvalue weighted by atomic mass is 16.7. The molecule has 0 saturated carbocycles. The van der Waals surface area contributed by atoms with E-state index in [1.54, 1.807) is 36.4 Å². The Kier molecular flexibility index (Phi) is 9.34. The third-order valence-corrected chi connectivity index (χ3v) is 5.53. The molecule has 4 rings (SSSR count). The summed E-state index contributed by atoms with van der Waals surface area (Å²) < 4.78 is 33.8. The van der Waals surface area contributed by atoms with Gasteiger partial charge in [0.25, 0.3) is 0 Å². The van der Waals surface area contributed by atoms with Crippen LogP contribution in [0, 0.1) is 0 Å². The van der Waals surface area contributed by atoms with Crippen LogP contribution < -0.4 is 0 Å². The van der Waals surface area contributed by atoms with Crippen molar-refractivity contribution in [2.45, 2.75) is 44.4 Å². The van der Waals surface area contributed by atoms with Crippen molar-refractivity contribution in [3.05, 3.63) is 96.1 Å². The Labute approximate surface area is 214 Å². The summed E-state index contributed by atoms with van der Waals surface area (Å²) in [5, 5.41) is 0. The van der Waals surface area contributed by atoms with Crippen molar-refractivity contribution >= 4 is 17.7 Å². The van der Waals surface area contributed by atoms with Gasteiger partial charge in [0, 0.05) is 6.92 Å². The maximum atomic E-state index is 12.5. The average Bonchev–Trinajstić information content (AvgIpc) is 2.92. The molecule has 2 aliphatic rings. The summed E-state index contributed by atoms with van der Waals surface area (Å²) in [6.45, 7) is 1.37. The molecule has 0 saturated heterocycles. The first-order valence-electron chi connectivity index (χ1n) is 11.9. The Balaban J connectivity index is 1.36. The van der Waals surface area contributed by atoms with Gasteiger partial charge in [-0.05, 0) is 35.9 Å². The van der Waals surface area contributed by atoms with Gasteiger partial charge in [0.05, 0.1) is 18.8 Å². The fraction of sp³-hybridized carbons (Fsp3) is 0.321. The lowest BCUT2D eigenvalue weighted by molar-refractivity contribution is -0.213. The fourth-order valence-electron chi connectivity index (χ4n) is 3.68. The van der Waals surface area contributed by atoms with Gasteiger partial charge in [0.2, 0.25) is 6.29 Å². The second kappa shape index (κ2) is 13.1. The molecule has 0 aliphatic carbocycles. The average molecular weight is 509 g/mol. The molecule has 0 N–H and O–H groups in total. The van der Waals surface area contributed by atoms with Gasteiger partial charge >= 0.3 is 11.9 Å². The van der Waals surface area contributed by atoms with E-state index in [0.717, 1.165) is 5.56 Å². The summed E-state index contributed by atoms with van der Waals surface area (Å²) in [5.41, 5.74) is 1.41. The van der Waals surface area contributed by atoms with Gasteiger partial charge in [0.15, 0.2) is 12.1 Å². The fourth-order valence-corrected chi connectivity index (χ4v) is 3.68. The molecular formula is C28H28O9. The Morgan fingerprint density at radius 3 is 2.30 bits per heavy atom. The smallest absolute Gasteiger partial charge is 0.338 e. The number of carbonyl (C=O) groups is 3. The van der Waals surface area contributed by atoms with Gasteiger partial charge in [-0.3, -0.25) is 9.59 Å². The van der Waals surface area contributed by atoms with Crippen LogP contribution in [0.1, 0.15) is 22.8 Å². The molecule has 194 valence electrons. The third kappa shape index (κ3) is 7.93. The molecule has 0 bridgehead atoms. The van der Waals surface area contributed by atoms with Crippen LogP contribution in [0.25, 0.3) is 0 Å². The van der Waals surface area contributed by atoms with E-state index in [2.05, 4.69) is 0 Å². The van der Waals surface area contributed by atoms with Crippen molar-refractivity contribution in [3.63, 3.8) is 0 Å². The first kappa shape index (κ1) is 26.4. The molecular weight excluding hydrogens is 480 g/mol. The van der Waals surface area contributed by atoms with E-state index in [0.29, 0.717) is 12.2 Å². The highest BCUT2D eigenvalue weighted by Gasteiger charge is 2.32. The zero-order chi connectivity index (χ0) is 26.0. The van der Waals surface area contributed by atoms with E-state index >= 15 is 0 Å². The number of benzene rings is 2. The Morgan fingerprint density at radius 1 is 0.838 bits per heavy atom. The van der Waals surface area contributed by atoms with Crippen molar-refractivity contribution in [1.29, 1.82) is 0 Å². The van der Waals surface area contributed by atoms with Gasteiger partial charge in [0.1, 0.15) is 24.9 Å². The third-order valence-electron chi connectivity index (χ3n) is 5.53. The lowest BCUT2D eigenvalue weighted by Gasteiger charge is -2.33. The molecule has 0 spiro atoms. The lowest BCUT2D eigenvalue weighted by atomic mass is 10.1. The molecule has 2 aliphatic heterocycles. The van der Waals surface area contributed by atoms with Crippen LogP contribution in [0.4, 0.5) is 0 Å². The minimum absolute atomic E-state index is 0.0759. The summed E-state index contributed by atoms with van der Waals surface area (Å²) in [4.78, 5) is 35.8. The van der Waals surface area contributed by atoms with E-state index in [9.17, 15) is 14.4 Å². The van der Waals surface area contributed by atoms with Crippen molar-refractivity contribution in [2.75, 3.05) is 13.2 Å². The summed E-state index contributed by atoms with van der Waals surface area (Å²) in [6, 6.07) is 18.3. The monoisotopic (exact) mass is 508 g/mol. The zero-order valence-corrected chi connectivity index (χ0v) is 20.3. The summed E-state index contributed by atoms with van der Waals surface area (Å²) in [7, 11) is 0. The summed E-state index contributed by atoms with van der Waals surface area (Å²) in [6.07, 6.45) is 2.16. The maximum absolute atomic E-state index is 12.5. The first-order valence-corrected chi connectivity index (χ1v) is 11.9. The molecule has 0 fully saturated rings. The number of esters is 2. The Morgan fingerprint density at radius 2 is 1.57 bits per heavy atom. The molecule has 2 heterocycles. The largest absolute Gasteiger partial charge is 0.459 e. The van der Waals surface area contributed by atoms with Crippen molar-refractivity contribution < 1.29 is 42.8 Å². The second-order valence-electron chi connectivity index (χ2n) is 8.35. The molecule has 0 radical (unpaired) electrons. The van der Waals surface area contributed by atoms with Crippen LogP contribution >= 0.6 is 0 Å². The number of ketones is 1. The highest BCUT2D eigenvalue weighted by molar-refractivity contribution is 5.94. The second-order valence-corrected chi connectivity index (χ2v) is 8.35. The Bertz CT molecular complexity index is 1110. The molecule has 9 heteroatoms. The number of hydrogen-bond acceptors (Lipinski definition) is 9. The minimum Gasteiger partial charge on any atom is -0.459 e. The van der Waals surface area contributed by atoms with E-state index in [-0.39, 0.29) is 19.0 Å². The molecule has 37 heavy (non-hydrogen) atoms. The zero-order valence-electron chi connectivity index (χ0n) is 20.3. The molecule has 5 atom stereocenters. The van der Waals surface area contributed by atoms with Gasteiger partial charge in [-0.25, -0.2) is 4.79 Å². The van der Waals surface area contributed by atoms with Crippen LogP contribution in [0.2, 0.25) is 0 Å². The van der Waals surface area contributed by atoms with Crippen molar-refractivity contribution in [1.82, 2.24) is 0 Å². The van der Waals surface area contributed by atoms with Crippen LogP contribution in [0.5, 0.6) is 0 Å². The highest BCUT2D eigenvalue weighted by Crippen LogP contribution is 2.21. The van der Waals surface area contributed by atoms with Gasteiger partial charge < -0.3 is 28.4 Å². The van der Waals surface area contributed by atoms with E-state index in [1.807, 2.05) is 36.4 Å². The summed E-state index contributed by atoms with van der Waals surface area (Å²) in [5.74, 6) is -1.33. The predicted octanol–water partition coefficient (Wildman–Crippen LogP) is 3.14. The van der Waals surface area contributed by atoms with Crippen LogP contribution in [-0.2, 0) is 44.6 Å². The van der Waals surface area contributed by atoms with Crippen molar-refractivity contribution in [3.8, 4) is 0 Å². The molecule has 2 aromatic carbocycles. The Hall–Kier alpha value is -3.63. The predicted molar refractivity (Wildman–Crippen MR) is 130 cm³/mol. The van der Waals surface area contributed by atoms with Crippen LogP contribution in [-0.4, -0.2) is 61.8 Å². The van der Waals surface area contributed by atoms with Crippen LogP contribution in [0.15, 0.2) is 85.0 Å². The molecule has 0 amide bonds. The molecule has 0 aromatic heterocycles. The number of rotatable bonds is 10. The van der Waals surface area contributed by atoms with E-state index < -0.39 is 42.8 Å². The minimum atomic E-state index is -0.965. The first-order chi connectivity index (χ1) is 18.0. The molecule has 1 unspecified atom stereocenters. The number of carbonyl (C=O) groups excluding carboxylic acids is 3. The quantitative estimate of drug-likeness (QED) is 0.353. The normalized spacial score (nSPS) is 25.0. The van der Waals surface area contributed by atoms with Gasteiger partial charge in [-0.1, -0.05) is 54.6 Å². The van der Waals surface area contributed by atoms with E-state index in [4.69, 9.17) is 28.4 Å². The maximum Gasteiger partial charge on any atom is 0.338 e. The van der Waals surface area contributed by atoms with Crippen LogP contribution in [0.3, 0.4) is 0 Å². The van der Waals surface area contributed by atoms with Crippen molar-refractivity contribution in [2.24, 2.45) is 0 Å². The number of hydrogen-bond donors (Lipinski definition) is 0. The van der Waals surface area contributed by atoms with Gasteiger partial charge in [-0.2, -0.15) is 0 Å². The van der Waals surface area contributed by atoms with E-state index in [1.165, 1.54) is 19.1 Å². The lowest BCUT2D eigenvalue weighted by Crippen LogP contribution is -2.43. The molecule has 9 nitrogen and oxygen atoms in total. The number of ether oxygens (including phenoxy) is 6. The molecule has 2 aromatic rings. The summed E-state index contributed by atoms with van der Waals surface area (Å²) >= 11 is 0.